The molecule has 0 unspecified atom stereocenters. The van der Waals surface area contributed by atoms with E-state index in [9.17, 15) is 0 Å². The third-order valence-corrected chi connectivity index (χ3v) is 5.80. The van der Waals surface area contributed by atoms with Gasteiger partial charge in [0.15, 0.2) is 0 Å². The first kappa shape index (κ1) is 16.6. The van der Waals surface area contributed by atoms with Gasteiger partial charge in [-0.15, -0.1) is 0 Å². The van der Waals surface area contributed by atoms with E-state index in [4.69, 9.17) is 4.98 Å². The van der Waals surface area contributed by atoms with Crippen LogP contribution in [-0.2, 0) is 13.1 Å². The maximum atomic E-state index is 5.16. The molecule has 0 atom stereocenters. The topological polar surface area (TPSA) is 25.5 Å². The van der Waals surface area contributed by atoms with E-state index >= 15 is 0 Å². The minimum absolute atomic E-state index is 0.922. The van der Waals surface area contributed by atoms with E-state index in [0.29, 0.717) is 0 Å². The van der Waals surface area contributed by atoms with Crippen LogP contribution in [0.5, 0.6) is 0 Å². The number of benzene rings is 2. The first-order chi connectivity index (χ1) is 13.4. The third kappa shape index (κ3) is 2.76. The van der Waals surface area contributed by atoms with Crippen LogP contribution < -0.4 is 0 Å². The van der Waals surface area contributed by atoms with Crippen LogP contribution in [0.4, 0.5) is 0 Å². The van der Waals surface area contributed by atoms with Gasteiger partial charge in [-0.25, -0.2) is 4.98 Å². The lowest BCUT2D eigenvalue weighted by atomic mass is 10.1. The monoisotopic (exact) mass is 358 g/mol. The Morgan fingerprint density at radius 3 is 2.30 bits per heavy atom. The van der Waals surface area contributed by atoms with Gasteiger partial charge in [0.05, 0.1) is 22.4 Å². The van der Waals surface area contributed by atoms with Crippen LogP contribution in [0, 0.1) is 0 Å². The van der Waals surface area contributed by atoms with E-state index in [1.807, 2.05) is 0 Å². The molecule has 1 fully saturated rings. The van der Waals surface area contributed by atoms with Gasteiger partial charge in [0.1, 0.15) is 0 Å². The standard InChI is InChI=1S/C23H26N4/c1-2-26-19-13-7-8-14-20(19)27-21(17-25-15-9-4-10-16-25)22(24-23(26)27)18-11-5-3-6-12-18/h3,5-8,11-14H,2,4,9-10,15-17H2,1H3. The molecule has 4 nitrogen and oxygen atoms in total. The first-order valence-corrected chi connectivity index (χ1v) is 10.1. The van der Waals surface area contributed by atoms with Crippen molar-refractivity contribution in [3.8, 4) is 11.3 Å². The minimum atomic E-state index is 0.922. The van der Waals surface area contributed by atoms with Crippen LogP contribution in [0.2, 0.25) is 0 Å². The van der Waals surface area contributed by atoms with E-state index < -0.39 is 0 Å². The van der Waals surface area contributed by atoms with Crippen LogP contribution in [-0.4, -0.2) is 31.9 Å². The number of hydrogen-bond donors (Lipinski definition) is 0. The first-order valence-electron chi connectivity index (χ1n) is 10.1. The van der Waals surface area contributed by atoms with Crippen molar-refractivity contribution in [3.05, 3.63) is 60.3 Å². The fourth-order valence-electron chi connectivity index (χ4n) is 4.48. The van der Waals surface area contributed by atoms with E-state index in [2.05, 4.69) is 75.4 Å². The zero-order chi connectivity index (χ0) is 18.2. The maximum Gasteiger partial charge on any atom is 0.215 e. The lowest BCUT2D eigenvalue weighted by Crippen LogP contribution is -2.29. The summed E-state index contributed by atoms with van der Waals surface area (Å²) in [7, 11) is 0. The largest absolute Gasteiger partial charge is 0.310 e. The maximum absolute atomic E-state index is 5.16. The number of aromatic nitrogens is 3. The number of fused-ring (bicyclic) bond motifs is 3. The van der Waals surface area contributed by atoms with Crippen molar-refractivity contribution < 1.29 is 0 Å². The summed E-state index contributed by atoms with van der Waals surface area (Å²) in [6.45, 7) is 6.46. The normalized spacial score (nSPS) is 15.7. The van der Waals surface area contributed by atoms with Crippen molar-refractivity contribution in [2.45, 2.75) is 39.3 Å². The molecule has 2 aromatic carbocycles. The molecule has 0 saturated carbocycles. The van der Waals surface area contributed by atoms with Gasteiger partial charge in [-0.3, -0.25) is 9.30 Å². The van der Waals surface area contributed by atoms with Crippen LogP contribution in [0.1, 0.15) is 31.9 Å². The number of aryl methyl sites for hydroxylation is 1. The van der Waals surface area contributed by atoms with Crippen molar-refractivity contribution in [2.24, 2.45) is 0 Å². The molecule has 27 heavy (non-hydrogen) atoms. The Morgan fingerprint density at radius 2 is 1.56 bits per heavy atom. The second kappa shape index (κ2) is 6.86. The molecule has 0 radical (unpaired) electrons. The molecular weight excluding hydrogens is 332 g/mol. The highest BCUT2D eigenvalue weighted by molar-refractivity contribution is 5.83. The molecule has 0 N–H and O–H groups in total. The van der Waals surface area contributed by atoms with Crippen LogP contribution in [0.15, 0.2) is 54.6 Å². The van der Waals surface area contributed by atoms with Gasteiger partial charge in [0.25, 0.3) is 0 Å². The fourth-order valence-corrected chi connectivity index (χ4v) is 4.48. The summed E-state index contributed by atoms with van der Waals surface area (Å²) >= 11 is 0. The van der Waals surface area contributed by atoms with Crippen molar-refractivity contribution in [1.29, 1.82) is 0 Å². The Hall–Kier alpha value is -2.59. The van der Waals surface area contributed by atoms with Gasteiger partial charge in [-0.05, 0) is 45.0 Å². The average molecular weight is 358 g/mol. The van der Waals surface area contributed by atoms with Crippen molar-refractivity contribution in [1.82, 2.24) is 18.9 Å². The number of nitrogens with zero attached hydrogens (tertiary/aromatic N) is 4. The number of hydrogen-bond acceptors (Lipinski definition) is 2. The Labute approximate surface area is 160 Å². The summed E-state index contributed by atoms with van der Waals surface area (Å²) in [4.78, 5) is 7.75. The smallest absolute Gasteiger partial charge is 0.215 e. The minimum Gasteiger partial charge on any atom is -0.310 e. The highest BCUT2D eigenvalue weighted by Gasteiger charge is 2.22. The Morgan fingerprint density at radius 1 is 0.852 bits per heavy atom. The zero-order valence-corrected chi connectivity index (χ0v) is 15.9. The number of piperidine rings is 1. The molecule has 138 valence electrons. The Kier molecular flexibility index (Phi) is 4.21. The Balaban J connectivity index is 1.76. The molecule has 2 aromatic heterocycles. The highest BCUT2D eigenvalue weighted by atomic mass is 15.2. The molecule has 1 aliphatic rings. The van der Waals surface area contributed by atoms with E-state index in [-0.39, 0.29) is 0 Å². The lowest BCUT2D eigenvalue weighted by Gasteiger charge is -2.26. The van der Waals surface area contributed by atoms with Gasteiger partial charge in [0, 0.05) is 18.7 Å². The summed E-state index contributed by atoms with van der Waals surface area (Å²) in [5.41, 5.74) is 6.18. The van der Waals surface area contributed by atoms with Crippen LogP contribution in [0.3, 0.4) is 0 Å². The molecule has 0 spiro atoms. The number of rotatable bonds is 4. The Bertz CT molecular complexity index is 1070. The highest BCUT2D eigenvalue weighted by Crippen LogP contribution is 2.31. The predicted octanol–water partition coefficient (Wildman–Crippen LogP) is 4.96. The van der Waals surface area contributed by atoms with E-state index in [1.54, 1.807) is 0 Å². The molecular formula is C23H26N4. The molecule has 3 heterocycles. The van der Waals surface area contributed by atoms with Crippen molar-refractivity contribution in [2.75, 3.05) is 13.1 Å². The second-order valence-corrected chi connectivity index (χ2v) is 7.48. The summed E-state index contributed by atoms with van der Waals surface area (Å²) in [6.07, 6.45) is 3.97. The summed E-state index contributed by atoms with van der Waals surface area (Å²) in [5, 5.41) is 0. The summed E-state index contributed by atoms with van der Waals surface area (Å²) in [6, 6.07) is 19.3. The van der Waals surface area contributed by atoms with Crippen molar-refractivity contribution in [3.63, 3.8) is 0 Å². The summed E-state index contributed by atoms with van der Waals surface area (Å²) < 4.78 is 4.73. The molecule has 1 aliphatic heterocycles. The zero-order valence-electron chi connectivity index (χ0n) is 15.9. The van der Waals surface area contributed by atoms with Gasteiger partial charge in [0.2, 0.25) is 5.78 Å². The number of imidazole rings is 2. The molecule has 4 aromatic rings. The van der Waals surface area contributed by atoms with Crippen molar-refractivity contribution >= 4 is 16.8 Å². The second-order valence-electron chi connectivity index (χ2n) is 7.48. The lowest BCUT2D eigenvalue weighted by molar-refractivity contribution is 0.218. The van der Waals surface area contributed by atoms with E-state index in [1.165, 1.54) is 54.6 Å². The molecule has 0 bridgehead atoms. The molecule has 1 saturated heterocycles. The predicted molar refractivity (Wildman–Crippen MR) is 111 cm³/mol. The van der Waals surface area contributed by atoms with E-state index in [0.717, 1.165) is 24.6 Å². The fraction of sp³-hybridized carbons (Fsp3) is 0.348. The average Bonchev–Trinajstić information content (AvgIpc) is 3.24. The van der Waals surface area contributed by atoms with Gasteiger partial charge in [-0.1, -0.05) is 48.9 Å². The van der Waals surface area contributed by atoms with Gasteiger partial charge < -0.3 is 4.57 Å². The van der Waals surface area contributed by atoms with Gasteiger partial charge in [-0.2, -0.15) is 0 Å². The molecule has 0 aliphatic carbocycles. The number of para-hydroxylation sites is 2. The molecule has 4 heteroatoms. The van der Waals surface area contributed by atoms with Crippen LogP contribution >= 0.6 is 0 Å². The molecule has 0 amide bonds. The SMILES string of the molecule is CCn1c2ccccc2n2c(CN3CCCCC3)c(-c3ccccc3)nc12. The van der Waals surface area contributed by atoms with Gasteiger partial charge >= 0.3 is 0 Å². The molecule has 5 rings (SSSR count). The summed E-state index contributed by atoms with van der Waals surface area (Å²) in [5.74, 6) is 1.06. The quantitative estimate of drug-likeness (QED) is 0.515. The number of likely N-dealkylation sites (tertiary alicyclic amines) is 1. The van der Waals surface area contributed by atoms with Crippen LogP contribution in [0.25, 0.3) is 28.1 Å². The third-order valence-electron chi connectivity index (χ3n) is 5.80.